The van der Waals surface area contributed by atoms with E-state index in [4.69, 9.17) is 28.6 Å². The van der Waals surface area contributed by atoms with E-state index in [1.165, 1.54) is 0 Å². The molecule has 0 amide bonds. The minimum atomic E-state index is -6.17. The van der Waals surface area contributed by atoms with Crippen molar-refractivity contribution in [1.29, 1.82) is 0 Å². The fourth-order valence-corrected chi connectivity index (χ4v) is 0. The molecule has 0 aliphatic carbocycles. The van der Waals surface area contributed by atoms with Crippen LogP contribution in [-0.4, -0.2) is 0 Å². The molecule has 64 valence electrons. The molecule has 0 radical (unpaired) electrons. The van der Waals surface area contributed by atoms with Gasteiger partial charge in [-0.1, -0.05) is 0 Å². The van der Waals surface area contributed by atoms with Crippen LogP contribution >= 0.6 is 0 Å². The van der Waals surface area contributed by atoms with Crippen molar-refractivity contribution < 1.29 is 83.8 Å². The van der Waals surface area contributed by atoms with Crippen molar-refractivity contribution in [3.63, 3.8) is 0 Å². The Labute approximate surface area is 83.2 Å². The summed E-state index contributed by atoms with van der Waals surface area (Å²) in [5.41, 5.74) is 0. The van der Waals surface area contributed by atoms with Crippen molar-refractivity contribution in [3.05, 3.63) is 0 Å². The molecule has 11 heteroatoms. The molecule has 0 aliphatic heterocycles. The standard InChI is InChI=1S/8O.Ti.2W/q;;;;4*-1;+4;;. The second kappa shape index (κ2) is 6.63. The summed E-state index contributed by atoms with van der Waals surface area (Å²) in [6, 6.07) is 0. The van der Waals surface area contributed by atoms with E-state index in [0.29, 0.717) is 0 Å². The minimum Gasteiger partial charge on any atom is 4.00 e. The summed E-state index contributed by atoms with van der Waals surface area (Å²) < 4.78 is 69.2. The molecule has 0 unspecified atom stereocenters. The number of hydrogen-bond acceptors (Lipinski definition) is 8. The molecule has 0 heterocycles. The first kappa shape index (κ1) is 18.0. The Morgan fingerprint density at radius 2 is 0.636 bits per heavy atom. The van der Waals surface area contributed by atoms with Gasteiger partial charge in [-0.2, -0.15) is 0 Å². The van der Waals surface area contributed by atoms with Crippen LogP contribution in [0.25, 0.3) is 0 Å². The van der Waals surface area contributed by atoms with Crippen LogP contribution in [-0.2, 0) is 68.8 Å². The Kier molecular flexibility index (Phi) is 10.9. The van der Waals surface area contributed by atoms with Gasteiger partial charge in [-0.3, -0.25) is 0 Å². The zero-order chi connectivity index (χ0) is 9.00. The normalized spacial score (nSPS) is 10.5. The van der Waals surface area contributed by atoms with Gasteiger partial charge in [0.2, 0.25) is 0 Å². The first-order valence-electron chi connectivity index (χ1n) is 1.33. The number of hydrogen-bond donors (Lipinski definition) is 0. The van der Waals surface area contributed by atoms with Crippen molar-refractivity contribution in [2.24, 2.45) is 0 Å². The monoisotopic (exact) mass is 544 g/mol. The van der Waals surface area contributed by atoms with Gasteiger partial charge >= 0.3 is 83.8 Å². The molecule has 0 saturated carbocycles. The number of rotatable bonds is 0. The summed E-state index contributed by atoms with van der Waals surface area (Å²) in [6.45, 7) is 0. The van der Waals surface area contributed by atoms with Crippen LogP contribution in [0.5, 0.6) is 0 Å². The Balaban J connectivity index is -0.000000107. The molecule has 0 saturated heterocycles. The van der Waals surface area contributed by atoms with Gasteiger partial charge in [0.05, 0.1) is 0 Å². The van der Waals surface area contributed by atoms with Crippen molar-refractivity contribution >= 4 is 0 Å². The Hall–Kier alpha value is 1.13. The third kappa shape index (κ3) is 726. The smallest absolute Gasteiger partial charge is 4.00 e. The molecule has 0 atom stereocenters. The van der Waals surface area contributed by atoms with E-state index in [-0.39, 0.29) is 21.7 Å². The van der Waals surface area contributed by atoms with Crippen LogP contribution in [0.1, 0.15) is 0 Å². The molecule has 0 aromatic rings. The van der Waals surface area contributed by atoms with E-state index < -0.39 is 33.5 Å². The molecular weight excluding hydrogens is 544 g/mol. The third-order valence-electron chi connectivity index (χ3n) is 0. The van der Waals surface area contributed by atoms with Crippen LogP contribution in [0.4, 0.5) is 0 Å². The molecule has 0 spiro atoms. The minimum absolute atomic E-state index is 0. The SMILES string of the molecule is [O]=[W](=[O])([O-])[O-].[O]=[W](=[O])([O-])[O-].[Ti+4]. The summed E-state index contributed by atoms with van der Waals surface area (Å²) in [5.74, 6) is 0. The molecule has 0 aromatic heterocycles. The molecule has 8 nitrogen and oxygen atoms in total. The van der Waals surface area contributed by atoms with Gasteiger partial charge in [-0.05, 0) is 0 Å². The van der Waals surface area contributed by atoms with E-state index >= 15 is 0 Å². The van der Waals surface area contributed by atoms with Crippen LogP contribution in [0.3, 0.4) is 0 Å². The van der Waals surface area contributed by atoms with Crippen LogP contribution in [0, 0.1) is 0 Å². The van der Waals surface area contributed by atoms with E-state index in [0.717, 1.165) is 0 Å². The first-order chi connectivity index (χ1) is 4.00. The average Bonchev–Trinajstić information content (AvgIpc) is 1.12. The van der Waals surface area contributed by atoms with Crippen molar-refractivity contribution in [2.45, 2.75) is 0 Å². The second-order valence-electron chi connectivity index (χ2n) is 0.816. The van der Waals surface area contributed by atoms with E-state index in [1.807, 2.05) is 0 Å². The quantitative estimate of drug-likeness (QED) is 0.274. The Bertz CT molecular complexity index is 208. The zero-order valence-electron chi connectivity index (χ0n) is 4.58. The molecular formula is O8TiW2. The molecule has 0 rings (SSSR count). The van der Waals surface area contributed by atoms with Gasteiger partial charge in [-0.25, -0.2) is 0 Å². The Morgan fingerprint density at radius 3 is 0.636 bits per heavy atom. The summed E-state index contributed by atoms with van der Waals surface area (Å²) in [5, 5.41) is 0. The summed E-state index contributed by atoms with van der Waals surface area (Å²) in [7, 11) is 0. The summed E-state index contributed by atoms with van der Waals surface area (Å²) >= 11 is -12.3. The maximum atomic E-state index is 8.65. The van der Waals surface area contributed by atoms with Crippen LogP contribution < -0.4 is 15.0 Å². The van der Waals surface area contributed by atoms with Gasteiger partial charge < -0.3 is 0 Å². The fraction of sp³-hybridized carbons (Fsp3) is 0. The largest absolute Gasteiger partial charge is 4.00 e. The van der Waals surface area contributed by atoms with E-state index in [1.54, 1.807) is 0 Å². The predicted octanol–water partition coefficient (Wildman–Crippen LogP) is -5.24. The maximum Gasteiger partial charge on any atom is 4.00 e. The van der Waals surface area contributed by atoms with E-state index in [9.17, 15) is 0 Å². The van der Waals surface area contributed by atoms with Gasteiger partial charge in [0.25, 0.3) is 0 Å². The average molecular weight is 544 g/mol. The molecule has 11 heavy (non-hydrogen) atoms. The Morgan fingerprint density at radius 1 is 0.636 bits per heavy atom. The van der Waals surface area contributed by atoms with Gasteiger partial charge in [-0.15, -0.1) is 0 Å². The van der Waals surface area contributed by atoms with Crippen molar-refractivity contribution in [3.8, 4) is 0 Å². The predicted molar refractivity (Wildman–Crippen MR) is 2.75 cm³/mol. The topological polar surface area (TPSA) is 161 Å². The van der Waals surface area contributed by atoms with Gasteiger partial charge in [0.15, 0.2) is 0 Å². The maximum absolute atomic E-state index is 8.65. The molecule has 0 aliphatic rings. The zero-order valence-corrected chi connectivity index (χ0v) is 12.0. The van der Waals surface area contributed by atoms with E-state index in [2.05, 4.69) is 0 Å². The third-order valence-corrected chi connectivity index (χ3v) is 0. The summed E-state index contributed by atoms with van der Waals surface area (Å²) in [6.07, 6.45) is 0. The van der Waals surface area contributed by atoms with Crippen LogP contribution in [0.15, 0.2) is 0 Å². The molecule has 0 bridgehead atoms. The molecule has 0 aromatic carbocycles. The van der Waals surface area contributed by atoms with Crippen molar-refractivity contribution in [2.75, 3.05) is 0 Å². The fourth-order valence-electron chi connectivity index (χ4n) is 0. The van der Waals surface area contributed by atoms with Gasteiger partial charge in [0, 0.05) is 0 Å². The second-order valence-corrected chi connectivity index (χ2v) is 6.68. The molecule has 0 N–H and O–H groups in total. The first-order valence-corrected chi connectivity index (χ1v) is 10.9. The molecule has 0 fully saturated rings. The summed E-state index contributed by atoms with van der Waals surface area (Å²) in [4.78, 5) is 0. The van der Waals surface area contributed by atoms with Crippen molar-refractivity contribution in [1.82, 2.24) is 0 Å². The van der Waals surface area contributed by atoms with Crippen LogP contribution in [0.2, 0.25) is 0 Å². The van der Waals surface area contributed by atoms with Gasteiger partial charge in [0.1, 0.15) is 0 Å².